The Balaban J connectivity index is 1.85. The number of amides is 1. The van der Waals surface area contributed by atoms with Crippen molar-refractivity contribution < 1.29 is 9.32 Å². The summed E-state index contributed by atoms with van der Waals surface area (Å²) in [5.74, 6) is 1.28. The van der Waals surface area contributed by atoms with Crippen molar-refractivity contribution in [1.29, 1.82) is 0 Å². The highest BCUT2D eigenvalue weighted by Gasteiger charge is 2.14. The van der Waals surface area contributed by atoms with E-state index in [4.69, 9.17) is 4.52 Å². The molecule has 0 spiro atoms. The van der Waals surface area contributed by atoms with Crippen molar-refractivity contribution in [3.05, 3.63) is 46.6 Å². The van der Waals surface area contributed by atoms with E-state index in [0.717, 1.165) is 19.3 Å². The van der Waals surface area contributed by atoms with E-state index in [1.807, 2.05) is 0 Å². The fraction of sp³-hybridized carbons (Fsp3) is 0.500. The van der Waals surface area contributed by atoms with E-state index < -0.39 is 0 Å². The Labute approximate surface area is 137 Å². The SMILES string of the molecule is CCCc1noc(CN(C)C(=O)CCc2ccc(C)c(C)c2)n1. The Morgan fingerprint density at radius 2 is 2.00 bits per heavy atom. The van der Waals surface area contributed by atoms with Gasteiger partial charge in [-0.25, -0.2) is 0 Å². The van der Waals surface area contributed by atoms with Gasteiger partial charge in [0.05, 0.1) is 6.54 Å². The Morgan fingerprint density at radius 3 is 2.70 bits per heavy atom. The molecule has 0 saturated carbocycles. The molecule has 0 bridgehead atoms. The molecule has 2 aromatic rings. The van der Waals surface area contributed by atoms with Crippen molar-refractivity contribution in [3.63, 3.8) is 0 Å². The van der Waals surface area contributed by atoms with Crippen LogP contribution in [0.1, 0.15) is 48.2 Å². The first-order valence-electron chi connectivity index (χ1n) is 8.11. The first-order valence-corrected chi connectivity index (χ1v) is 8.11. The molecule has 0 atom stereocenters. The number of hydrogen-bond acceptors (Lipinski definition) is 4. The molecule has 2 rings (SSSR count). The van der Waals surface area contributed by atoms with Crippen molar-refractivity contribution in [1.82, 2.24) is 15.0 Å². The first kappa shape index (κ1) is 17.2. The van der Waals surface area contributed by atoms with Crippen LogP contribution in [0.25, 0.3) is 0 Å². The van der Waals surface area contributed by atoms with Crippen LogP contribution < -0.4 is 0 Å². The first-order chi connectivity index (χ1) is 11.0. The summed E-state index contributed by atoms with van der Waals surface area (Å²) in [6.07, 6.45) is 3.00. The Kier molecular flexibility index (Phi) is 5.90. The summed E-state index contributed by atoms with van der Waals surface area (Å²) in [5.41, 5.74) is 3.73. The van der Waals surface area contributed by atoms with E-state index in [2.05, 4.69) is 49.1 Å². The average molecular weight is 315 g/mol. The summed E-state index contributed by atoms with van der Waals surface area (Å²) >= 11 is 0. The van der Waals surface area contributed by atoms with Crippen molar-refractivity contribution in [2.24, 2.45) is 0 Å². The van der Waals surface area contributed by atoms with Crippen LogP contribution in [-0.2, 0) is 24.2 Å². The second kappa shape index (κ2) is 7.90. The van der Waals surface area contributed by atoms with Crippen molar-refractivity contribution in [3.8, 4) is 0 Å². The van der Waals surface area contributed by atoms with Gasteiger partial charge in [-0.15, -0.1) is 0 Å². The quantitative estimate of drug-likeness (QED) is 0.787. The number of nitrogens with zero attached hydrogens (tertiary/aromatic N) is 3. The van der Waals surface area contributed by atoms with Gasteiger partial charge in [0.2, 0.25) is 11.8 Å². The number of carbonyl (C=O) groups excluding carboxylic acids is 1. The number of aromatic nitrogens is 2. The van der Waals surface area contributed by atoms with E-state index in [0.29, 0.717) is 24.7 Å². The molecule has 1 amide bonds. The monoisotopic (exact) mass is 315 g/mol. The molecule has 0 aliphatic rings. The Morgan fingerprint density at radius 1 is 1.22 bits per heavy atom. The molecule has 5 nitrogen and oxygen atoms in total. The van der Waals surface area contributed by atoms with Gasteiger partial charge >= 0.3 is 0 Å². The molecule has 0 N–H and O–H groups in total. The van der Waals surface area contributed by atoms with Gasteiger partial charge in [0, 0.05) is 19.9 Å². The fourth-order valence-electron chi connectivity index (χ4n) is 2.37. The van der Waals surface area contributed by atoms with E-state index in [9.17, 15) is 4.79 Å². The number of hydrogen-bond donors (Lipinski definition) is 0. The summed E-state index contributed by atoms with van der Waals surface area (Å²) in [4.78, 5) is 18.2. The maximum Gasteiger partial charge on any atom is 0.246 e. The zero-order chi connectivity index (χ0) is 16.8. The van der Waals surface area contributed by atoms with Gasteiger partial charge in [-0.2, -0.15) is 4.98 Å². The molecule has 0 fully saturated rings. The predicted octanol–water partition coefficient (Wildman–Crippen LogP) is 3.23. The number of carbonyl (C=O) groups is 1. The minimum atomic E-state index is 0.0819. The van der Waals surface area contributed by atoms with Gasteiger partial charge in [0.1, 0.15) is 0 Å². The number of aryl methyl sites for hydroxylation is 4. The van der Waals surface area contributed by atoms with Gasteiger partial charge < -0.3 is 9.42 Å². The van der Waals surface area contributed by atoms with Gasteiger partial charge in [-0.3, -0.25) is 4.79 Å². The summed E-state index contributed by atoms with van der Waals surface area (Å²) in [5, 5.41) is 3.91. The van der Waals surface area contributed by atoms with E-state index in [1.54, 1.807) is 11.9 Å². The molecular formula is C18H25N3O2. The van der Waals surface area contributed by atoms with E-state index >= 15 is 0 Å². The van der Waals surface area contributed by atoms with Crippen LogP contribution in [0.5, 0.6) is 0 Å². The predicted molar refractivity (Wildman–Crippen MR) is 89.0 cm³/mol. The number of benzene rings is 1. The van der Waals surface area contributed by atoms with E-state index in [1.165, 1.54) is 16.7 Å². The zero-order valence-electron chi connectivity index (χ0n) is 14.4. The molecule has 1 heterocycles. The second-order valence-corrected chi connectivity index (χ2v) is 6.02. The second-order valence-electron chi connectivity index (χ2n) is 6.02. The molecule has 5 heteroatoms. The van der Waals surface area contributed by atoms with Crippen LogP contribution in [0.3, 0.4) is 0 Å². The Hall–Kier alpha value is -2.17. The lowest BCUT2D eigenvalue weighted by atomic mass is 10.0. The van der Waals surface area contributed by atoms with Gasteiger partial charge in [0.15, 0.2) is 5.82 Å². The molecule has 0 aliphatic carbocycles. The largest absolute Gasteiger partial charge is 0.337 e. The summed E-state index contributed by atoms with van der Waals surface area (Å²) in [6, 6.07) is 6.34. The van der Waals surface area contributed by atoms with Crippen LogP contribution >= 0.6 is 0 Å². The third-order valence-electron chi connectivity index (χ3n) is 3.98. The standard InChI is InChI=1S/C18H25N3O2/c1-5-6-16-19-17(23-20-16)12-21(4)18(22)10-9-15-8-7-13(2)14(3)11-15/h7-8,11H,5-6,9-10,12H2,1-4H3. The topological polar surface area (TPSA) is 59.2 Å². The van der Waals surface area contributed by atoms with Crippen LogP contribution in [-0.4, -0.2) is 28.0 Å². The fourth-order valence-corrected chi connectivity index (χ4v) is 2.37. The normalized spacial score (nSPS) is 10.8. The number of rotatable bonds is 7. The molecule has 124 valence electrons. The molecule has 0 saturated heterocycles. The van der Waals surface area contributed by atoms with Crippen molar-refractivity contribution >= 4 is 5.91 Å². The molecule has 0 aliphatic heterocycles. The highest BCUT2D eigenvalue weighted by atomic mass is 16.5. The zero-order valence-corrected chi connectivity index (χ0v) is 14.4. The third kappa shape index (κ3) is 4.91. The Bertz CT molecular complexity index is 664. The maximum atomic E-state index is 12.2. The van der Waals surface area contributed by atoms with Gasteiger partial charge in [-0.05, 0) is 43.4 Å². The average Bonchev–Trinajstić information content (AvgIpc) is 2.95. The summed E-state index contributed by atoms with van der Waals surface area (Å²) in [7, 11) is 1.77. The van der Waals surface area contributed by atoms with Gasteiger partial charge in [-0.1, -0.05) is 30.3 Å². The summed E-state index contributed by atoms with van der Waals surface area (Å²) < 4.78 is 5.17. The smallest absolute Gasteiger partial charge is 0.246 e. The van der Waals surface area contributed by atoms with Crippen LogP contribution in [0.2, 0.25) is 0 Å². The molecule has 23 heavy (non-hydrogen) atoms. The highest BCUT2D eigenvalue weighted by Crippen LogP contribution is 2.12. The van der Waals surface area contributed by atoms with Crippen LogP contribution in [0.4, 0.5) is 0 Å². The summed E-state index contributed by atoms with van der Waals surface area (Å²) in [6.45, 7) is 6.62. The minimum Gasteiger partial charge on any atom is -0.337 e. The maximum absolute atomic E-state index is 12.2. The third-order valence-corrected chi connectivity index (χ3v) is 3.98. The van der Waals surface area contributed by atoms with Crippen LogP contribution in [0.15, 0.2) is 22.7 Å². The lowest BCUT2D eigenvalue weighted by Crippen LogP contribution is -2.26. The minimum absolute atomic E-state index is 0.0819. The molecule has 0 radical (unpaired) electrons. The molecular weight excluding hydrogens is 290 g/mol. The lowest BCUT2D eigenvalue weighted by molar-refractivity contribution is -0.130. The molecule has 0 unspecified atom stereocenters. The van der Waals surface area contributed by atoms with E-state index in [-0.39, 0.29) is 5.91 Å². The molecule has 1 aromatic carbocycles. The molecule has 1 aromatic heterocycles. The van der Waals surface area contributed by atoms with Crippen LogP contribution in [0, 0.1) is 13.8 Å². The van der Waals surface area contributed by atoms with Gasteiger partial charge in [0.25, 0.3) is 0 Å². The van der Waals surface area contributed by atoms with Crippen molar-refractivity contribution in [2.75, 3.05) is 7.05 Å². The lowest BCUT2D eigenvalue weighted by Gasteiger charge is -2.14. The highest BCUT2D eigenvalue weighted by molar-refractivity contribution is 5.76. The van der Waals surface area contributed by atoms with Crippen molar-refractivity contribution in [2.45, 2.75) is 53.0 Å².